The van der Waals surface area contributed by atoms with Gasteiger partial charge in [0.2, 0.25) is 5.91 Å². The van der Waals surface area contributed by atoms with Crippen molar-refractivity contribution < 1.29 is 19.1 Å². The molecule has 0 saturated heterocycles. The summed E-state index contributed by atoms with van der Waals surface area (Å²) in [5.74, 6) is 0.744. The smallest absolute Gasteiger partial charge is 0.255 e. The fourth-order valence-electron chi connectivity index (χ4n) is 2.54. The molecule has 2 N–H and O–H groups in total. The summed E-state index contributed by atoms with van der Waals surface area (Å²) in [6.07, 6.45) is 0.887. The molecule has 0 unspecified atom stereocenters. The largest absolute Gasteiger partial charge is 0.490 e. The Kier molecular flexibility index (Phi) is 7.23. The van der Waals surface area contributed by atoms with Crippen LogP contribution in [0.1, 0.15) is 43.1 Å². The number of rotatable bonds is 8. The number of amides is 2. The Morgan fingerprint density at radius 3 is 2.30 bits per heavy atom. The summed E-state index contributed by atoms with van der Waals surface area (Å²) in [7, 11) is 0. The van der Waals surface area contributed by atoms with Gasteiger partial charge in [-0.05, 0) is 56.2 Å². The number of carbonyl (C=O) groups is 2. The van der Waals surface area contributed by atoms with Crippen molar-refractivity contribution in [3.05, 3.63) is 47.5 Å². The Hall–Kier alpha value is -3.02. The van der Waals surface area contributed by atoms with Crippen LogP contribution in [-0.2, 0) is 4.79 Å². The van der Waals surface area contributed by atoms with Crippen molar-refractivity contribution in [3.8, 4) is 11.5 Å². The number of hydrogen-bond donors (Lipinski definition) is 2. The minimum absolute atomic E-state index is 0.161. The lowest BCUT2D eigenvalue weighted by Crippen LogP contribution is -2.14. The summed E-state index contributed by atoms with van der Waals surface area (Å²) in [5.41, 5.74) is 2.55. The molecule has 2 amide bonds. The average Bonchev–Trinajstić information content (AvgIpc) is 2.63. The van der Waals surface area contributed by atoms with Crippen molar-refractivity contribution >= 4 is 23.2 Å². The molecule has 0 bridgehead atoms. The highest BCUT2D eigenvalue weighted by Gasteiger charge is 2.14. The second kappa shape index (κ2) is 9.62. The summed E-state index contributed by atoms with van der Waals surface area (Å²) >= 11 is 0. The van der Waals surface area contributed by atoms with Crippen LogP contribution in [0.5, 0.6) is 11.5 Å². The maximum absolute atomic E-state index is 12.7. The lowest BCUT2D eigenvalue weighted by molar-refractivity contribution is -0.114. The van der Waals surface area contributed by atoms with Gasteiger partial charge in [-0.25, -0.2) is 0 Å². The van der Waals surface area contributed by atoms with E-state index in [0.29, 0.717) is 41.7 Å². The van der Waals surface area contributed by atoms with Gasteiger partial charge in [-0.1, -0.05) is 13.0 Å². The Balaban J connectivity index is 2.23. The molecule has 0 radical (unpaired) electrons. The van der Waals surface area contributed by atoms with E-state index < -0.39 is 0 Å². The topological polar surface area (TPSA) is 76.7 Å². The van der Waals surface area contributed by atoms with E-state index in [2.05, 4.69) is 10.6 Å². The van der Waals surface area contributed by atoms with E-state index in [9.17, 15) is 9.59 Å². The zero-order chi connectivity index (χ0) is 19.8. The van der Waals surface area contributed by atoms with Gasteiger partial charge in [-0.15, -0.1) is 0 Å². The number of anilines is 2. The zero-order valence-electron chi connectivity index (χ0n) is 16.2. The predicted molar refractivity (Wildman–Crippen MR) is 107 cm³/mol. The van der Waals surface area contributed by atoms with E-state index >= 15 is 0 Å². The molecular formula is C21H26N2O4. The fraction of sp³-hybridized carbons (Fsp3) is 0.333. The molecule has 0 aromatic heterocycles. The number of nitrogens with one attached hydrogen (secondary N) is 2. The van der Waals surface area contributed by atoms with Gasteiger partial charge in [0.05, 0.1) is 13.2 Å². The summed E-state index contributed by atoms with van der Waals surface area (Å²) in [5, 5.41) is 5.64. The molecule has 0 spiro atoms. The van der Waals surface area contributed by atoms with Crippen LogP contribution < -0.4 is 20.1 Å². The third kappa shape index (κ3) is 5.48. The predicted octanol–water partition coefficient (Wildman–Crippen LogP) is 4.39. The van der Waals surface area contributed by atoms with Crippen LogP contribution in [0.2, 0.25) is 0 Å². The Labute approximate surface area is 159 Å². The highest BCUT2D eigenvalue weighted by atomic mass is 16.5. The van der Waals surface area contributed by atoms with Crippen molar-refractivity contribution in [2.24, 2.45) is 0 Å². The Morgan fingerprint density at radius 2 is 1.67 bits per heavy atom. The van der Waals surface area contributed by atoms with E-state index in [1.54, 1.807) is 36.4 Å². The van der Waals surface area contributed by atoms with Crippen LogP contribution in [0.15, 0.2) is 36.4 Å². The van der Waals surface area contributed by atoms with Gasteiger partial charge >= 0.3 is 0 Å². The van der Waals surface area contributed by atoms with E-state index in [-0.39, 0.29) is 11.8 Å². The molecule has 6 nitrogen and oxygen atoms in total. The van der Waals surface area contributed by atoms with Gasteiger partial charge in [-0.2, -0.15) is 0 Å². The molecule has 2 aromatic rings. The van der Waals surface area contributed by atoms with Crippen LogP contribution in [0.25, 0.3) is 0 Å². The molecular weight excluding hydrogens is 344 g/mol. The molecule has 2 aromatic carbocycles. The second-order valence-corrected chi connectivity index (χ2v) is 6.06. The third-order valence-corrected chi connectivity index (χ3v) is 3.86. The first kappa shape index (κ1) is 20.3. The van der Waals surface area contributed by atoms with Gasteiger partial charge in [0.25, 0.3) is 5.91 Å². The first-order valence-corrected chi connectivity index (χ1v) is 9.04. The van der Waals surface area contributed by atoms with E-state index in [1.807, 2.05) is 20.8 Å². The quantitative estimate of drug-likeness (QED) is 0.722. The number of benzene rings is 2. The Morgan fingerprint density at radius 1 is 0.963 bits per heavy atom. The van der Waals surface area contributed by atoms with Crippen molar-refractivity contribution in [1.29, 1.82) is 0 Å². The van der Waals surface area contributed by atoms with E-state index in [0.717, 1.165) is 12.0 Å². The van der Waals surface area contributed by atoms with Gasteiger partial charge in [0.1, 0.15) is 0 Å². The highest BCUT2D eigenvalue weighted by molar-refractivity contribution is 6.05. The first-order valence-electron chi connectivity index (χ1n) is 9.04. The van der Waals surface area contributed by atoms with E-state index in [1.165, 1.54) is 6.92 Å². The Bertz CT molecular complexity index is 818. The monoisotopic (exact) mass is 370 g/mol. The molecule has 0 atom stereocenters. The molecule has 0 aliphatic carbocycles. The SMILES string of the molecule is CCCOc1ccc(C(=O)Nc2cccc(NC(C)=O)c2C)cc1OCC. The molecule has 0 aliphatic heterocycles. The normalized spacial score (nSPS) is 10.2. The van der Waals surface area contributed by atoms with Gasteiger partial charge in [0.15, 0.2) is 11.5 Å². The van der Waals surface area contributed by atoms with Gasteiger partial charge in [-0.3, -0.25) is 9.59 Å². The number of carbonyl (C=O) groups excluding carboxylic acids is 2. The van der Waals surface area contributed by atoms with Crippen molar-refractivity contribution in [2.75, 3.05) is 23.8 Å². The third-order valence-electron chi connectivity index (χ3n) is 3.86. The molecule has 0 heterocycles. The molecule has 0 saturated carbocycles. The highest BCUT2D eigenvalue weighted by Crippen LogP contribution is 2.30. The van der Waals surface area contributed by atoms with Crippen LogP contribution >= 0.6 is 0 Å². The maximum atomic E-state index is 12.7. The molecule has 0 fully saturated rings. The van der Waals surface area contributed by atoms with Crippen LogP contribution in [0, 0.1) is 6.92 Å². The van der Waals surface area contributed by atoms with Crippen LogP contribution in [0.4, 0.5) is 11.4 Å². The zero-order valence-corrected chi connectivity index (χ0v) is 16.2. The summed E-state index contributed by atoms with van der Waals surface area (Å²) < 4.78 is 11.3. The summed E-state index contributed by atoms with van der Waals surface area (Å²) in [4.78, 5) is 24.0. The minimum atomic E-state index is -0.263. The van der Waals surface area contributed by atoms with E-state index in [4.69, 9.17) is 9.47 Å². The van der Waals surface area contributed by atoms with Gasteiger partial charge < -0.3 is 20.1 Å². The average molecular weight is 370 g/mol. The second-order valence-electron chi connectivity index (χ2n) is 6.06. The standard InChI is InChI=1S/C21H26N2O4/c1-5-12-27-19-11-10-16(13-20(19)26-6-2)21(25)23-18-9-7-8-17(14(18)3)22-15(4)24/h7-11,13H,5-6,12H2,1-4H3,(H,22,24)(H,23,25). The summed E-state index contributed by atoms with van der Waals surface area (Å²) in [6, 6.07) is 10.5. The van der Waals surface area contributed by atoms with Crippen molar-refractivity contribution in [1.82, 2.24) is 0 Å². The van der Waals surface area contributed by atoms with Gasteiger partial charge in [0, 0.05) is 23.9 Å². The van der Waals surface area contributed by atoms with Crippen molar-refractivity contribution in [3.63, 3.8) is 0 Å². The molecule has 144 valence electrons. The number of ether oxygens (including phenoxy) is 2. The first-order chi connectivity index (χ1) is 13.0. The lowest BCUT2D eigenvalue weighted by atomic mass is 10.1. The van der Waals surface area contributed by atoms with Crippen molar-refractivity contribution in [2.45, 2.75) is 34.1 Å². The molecule has 27 heavy (non-hydrogen) atoms. The lowest BCUT2D eigenvalue weighted by Gasteiger charge is -2.15. The fourth-order valence-corrected chi connectivity index (χ4v) is 2.54. The van der Waals surface area contributed by atoms with Crippen LogP contribution in [0.3, 0.4) is 0 Å². The molecule has 2 rings (SSSR count). The maximum Gasteiger partial charge on any atom is 0.255 e. The van der Waals surface area contributed by atoms with Crippen LogP contribution in [-0.4, -0.2) is 25.0 Å². The summed E-state index contributed by atoms with van der Waals surface area (Å²) in [6.45, 7) is 8.26. The number of hydrogen-bond acceptors (Lipinski definition) is 4. The minimum Gasteiger partial charge on any atom is -0.490 e. The molecule has 6 heteroatoms. The molecule has 0 aliphatic rings.